The zero-order valence-electron chi connectivity index (χ0n) is 11.3. The first kappa shape index (κ1) is 13.4. The Labute approximate surface area is 120 Å². The minimum Gasteiger partial charge on any atom is -0.381 e. The van der Waals surface area contributed by atoms with Crippen LogP contribution < -0.4 is 5.32 Å². The van der Waals surface area contributed by atoms with Gasteiger partial charge in [0.2, 0.25) is 0 Å². The third kappa shape index (κ3) is 3.31. The Bertz CT molecular complexity index is 407. The van der Waals surface area contributed by atoms with Gasteiger partial charge in [-0.25, -0.2) is 0 Å². The van der Waals surface area contributed by atoms with Gasteiger partial charge >= 0.3 is 0 Å². The summed E-state index contributed by atoms with van der Waals surface area (Å²) in [6, 6.07) is 8.39. The fourth-order valence-corrected chi connectivity index (χ4v) is 3.10. The molecule has 1 N–H and O–H groups in total. The van der Waals surface area contributed by atoms with Crippen molar-refractivity contribution in [2.24, 2.45) is 5.92 Å². The van der Waals surface area contributed by atoms with Crippen LogP contribution in [0.1, 0.15) is 31.2 Å². The Morgan fingerprint density at radius 3 is 2.47 bits per heavy atom. The Balaban J connectivity index is 1.72. The van der Waals surface area contributed by atoms with E-state index in [-0.39, 0.29) is 5.41 Å². The largest absolute Gasteiger partial charge is 0.381 e. The van der Waals surface area contributed by atoms with Gasteiger partial charge in [0, 0.05) is 30.2 Å². The predicted octanol–water partition coefficient (Wildman–Crippen LogP) is 3.39. The summed E-state index contributed by atoms with van der Waals surface area (Å²) in [6.07, 6.45) is 5.02. The molecule has 1 aliphatic heterocycles. The zero-order chi connectivity index (χ0) is 13.1. The first-order valence-corrected chi connectivity index (χ1v) is 7.71. The van der Waals surface area contributed by atoms with Crippen molar-refractivity contribution in [2.75, 3.05) is 26.3 Å². The highest BCUT2D eigenvalue weighted by Crippen LogP contribution is 2.35. The second-order valence-corrected chi connectivity index (χ2v) is 6.41. The first-order chi connectivity index (χ1) is 9.28. The van der Waals surface area contributed by atoms with Crippen molar-refractivity contribution in [3.63, 3.8) is 0 Å². The molecule has 0 atom stereocenters. The number of hydrogen-bond donors (Lipinski definition) is 1. The van der Waals surface area contributed by atoms with E-state index in [0.29, 0.717) is 0 Å². The van der Waals surface area contributed by atoms with Gasteiger partial charge in [0.25, 0.3) is 0 Å². The number of hydrogen-bond acceptors (Lipinski definition) is 2. The highest BCUT2D eigenvalue weighted by Gasteiger charge is 2.34. The maximum atomic E-state index is 6.01. The standard InChI is InChI=1S/C16H22ClNO/c17-15-5-3-14(4-6-15)16(7-9-19-10-8-16)12-18-11-13-1-2-13/h3-6,13,18H,1-2,7-12H2. The molecule has 2 nitrogen and oxygen atoms in total. The summed E-state index contributed by atoms with van der Waals surface area (Å²) in [5, 5.41) is 4.50. The number of ether oxygens (including phenoxy) is 1. The van der Waals surface area contributed by atoms with E-state index in [0.717, 1.165) is 43.5 Å². The van der Waals surface area contributed by atoms with Crippen molar-refractivity contribution in [3.05, 3.63) is 34.9 Å². The lowest BCUT2D eigenvalue weighted by Crippen LogP contribution is -2.43. The molecule has 3 rings (SSSR count). The Hall–Kier alpha value is -0.570. The normalized spacial score (nSPS) is 22.4. The van der Waals surface area contributed by atoms with Crippen LogP contribution in [0, 0.1) is 5.92 Å². The van der Waals surface area contributed by atoms with E-state index in [2.05, 4.69) is 17.4 Å². The van der Waals surface area contributed by atoms with E-state index in [9.17, 15) is 0 Å². The molecular weight excluding hydrogens is 258 g/mol. The summed E-state index contributed by atoms with van der Waals surface area (Å²) in [7, 11) is 0. The number of rotatable bonds is 5. The highest BCUT2D eigenvalue weighted by atomic mass is 35.5. The molecule has 0 unspecified atom stereocenters. The van der Waals surface area contributed by atoms with Gasteiger partial charge in [-0.15, -0.1) is 0 Å². The average Bonchev–Trinajstić information content (AvgIpc) is 3.25. The lowest BCUT2D eigenvalue weighted by atomic mass is 9.74. The molecule has 1 saturated carbocycles. The van der Waals surface area contributed by atoms with Crippen molar-refractivity contribution >= 4 is 11.6 Å². The fourth-order valence-electron chi connectivity index (χ4n) is 2.97. The van der Waals surface area contributed by atoms with Gasteiger partial charge in [-0.1, -0.05) is 23.7 Å². The Kier molecular flexibility index (Phi) is 4.11. The molecule has 3 heteroatoms. The van der Waals surface area contributed by atoms with E-state index < -0.39 is 0 Å². The molecule has 1 heterocycles. The molecule has 2 aliphatic rings. The molecule has 0 radical (unpaired) electrons. The summed E-state index contributed by atoms with van der Waals surface area (Å²) >= 11 is 6.01. The van der Waals surface area contributed by atoms with Crippen molar-refractivity contribution < 1.29 is 4.74 Å². The van der Waals surface area contributed by atoms with Crippen LogP contribution in [0.4, 0.5) is 0 Å². The smallest absolute Gasteiger partial charge is 0.0475 e. The second-order valence-electron chi connectivity index (χ2n) is 5.97. The highest BCUT2D eigenvalue weighted by molar-refractivity contribution is 6.30. The van der Waals surface area contributed by atoms with Crippen LogP contribution in [0.15, 0.2) is 24.3 Å². The fraction of sp³-hybridized carbons (Fsp3) is 0.625. The van der Waals surface area contributed by atoms with Gasteiger partial charge in [-0.3, -0.25) is 0 Å². The summed E-state index contributed by atoms with van der Waals surface area (Å²) in [4.78, 5) is 0. The number of halogens is 1. The van der Waals surface area contributed by atoms with E-state index in [1.807, 2.05) is 12.1 Å². The van der Waals surface area contributed by atoms with Crippen molar-refractivity contribution in [1.29, 1.82) is 0 Å². The average molecular weight is 280 g/mol. The van der Waals surface area contributed by atoms with Crippen molar-refractivity contribution in [3.8, 4) is 0 Å². The molecule has 19 heavy (non-hydrogen) atoms. The van der Waals surface area contributed by atoms with Crippen LogP contribution in [-0.4, -0.2) is 26.3 Å². The van der Waals surface area contributed by atoms with Crippen LogP contribution in [0.2, 0.25) is 5.02 Å². The minimum absolute atomic E-state index is 0.234. The molecule has 0 aromatic heterocycles. The molecule has 0 amide bonds. The quantitative estimate of drug-likeness (QED) is 0.892. The van der Waals surface area contributed by atoms with Gasteiger partial charge in [0.1, 0.15) is 0 Å². The third-order valence-electron chi connectivity index (χ3n) is 4.50. The number of nitrogens with one attached hydrogen (secondary N) is 1. The Morgan fingerprint density at radius 1 is 1.16 bits per heavy atom. The Morgan fingerprint density at radius 2 is 1.84 bits per heavy atom. The maximum absolute atomic E-state index is 6.01. The topological polar surface area (TPSA) is 21.3 Å². The third-order valence-corrected chi connectivity index (χ3v) is 4.75. The second kappa shape index (κ2) is 5.82. The molecule has 1 saturated heterocycles. The van der Waals surface area contributed by atoms with E-state index in [1.54, 1.807) is 0 Å². The van der Waals surface area contributed by atoms with Gasteiger partial charge in [-0.05, 0) is 55.8 Å². The molecular formula is C16H22ClNO. The molecule has 104 valence electrons. The van der Waals surface area contributed by atoms with Gasteiger partial charge in [0.05, 0.1) is 0 Å². The van der Waals surface area contributed by atoms with E-state index in [4.69, 9.17) is 16.3 Å². The molecule has 2 fully saturated rings. The van der Waals surface area contributed by atoms with Crippen LogP contribution in [0.25, 0.3) is 0 Å². The molecule has 1 aliphatic carbocycles. The monoisotopic (exact) mass is 279 g/mol. The number of benzene rings is 1. The van der Waals surface area contributed by atoms with Crippen LogP contribution >= 0.6 is 11.6 Å². The van der Waals surface area contributed by atoms with Gasteiger partial charge < -0.3 is 10.1 Å². The molecule has 0 spiro atoms. The summed E-state index contributed by atoms with van der Waals surface area (Å²) in [5.41, 5.74) is 1.64. The predicted molar refractivity (Wildman–Crippen MR) is 78.8 cm³/mol. The van der Waals surface area contributed by atoms with Crippen LogP contribution in [-0.2, 0) is 10.2 Å². The zero-order valence-corrected chi connectivity index (χ0v) is 12.1. The lowest BCUT2D eigenvalue weighted by Gasteiger charge is -2.38. The summed E-state index contributed by atoms with van der Waals surface area (Å²) in [5.74, 6) is 0.933. The summed E-state index contributed by atoms with van der Waals surface area (Å²) in [6.45, 7) is 3.98. The van der Waals surface area contributed by atoms with Crippen LogP contribution in [0.5, 0.6) is 0 Å². The molecule has 1 aromatic carbocycles. The van der Waals surface area contributed by atoms with Gasteiger partial charge in [0.15, 0.2) is 0 Å². The SMILES string of the molecule is Clc1ccc(C2(CNCC3CC3)CCOCC2)cc1. The van der Waals surface area contributed by atoms with Crippen molar-refractivity contribution in [2.45, 2.75) is 31.1 Å². The first-order valence-electron chi connectivity index (χ1n) is 7.33. The van der Waals surface area contributed by atoms with E-state index >= 15 is 0 Å². The summed E-state index contributed by atoms with van der Waals surface area (Å²) < 4.78 is 5.56. The van der Waals surface area contributed by atoms with Gasteiger partial charge in [-0.2, -0.15) is 0 Å². The lowest BCUT2D eigenvalue weighted by molar-refractivity contribution is 0.0498. The maximum Gasteiger partial charge on any atom is 0.0475 e. The molecule has 1 aromatic rings. The van der Waals surface area contributed by atoms with E-state index in [1.165, 1.54) is 24.9 Å². The molecule has 0 bridgehead atoms. The van der Waals surface area contributed by atoms with Crippen LogP contribution in [0.3, 0.4) is 0 Å². The van der Waals surface area contributed by atoms with Crippen molar-refractivity contribution in [1.82, 2.24) is 5.32 Å². The minimum atomic E-state index is 0.234.